The predicted molar refractivity (Wildman–Crippen MR) is 256 cm³/mol. The Balaban J connectivity index is 1.10. The summed E-state index contributed by atoms with van der Waals surface area (Å²) in [6, 6.07) is 59.7. The van der Waals surface area contributed by atoms with Gasteiger partial charge in [0.1, 0.15) is 0 Å². The molecule has 0 radical (unpaired) electrons. The van der Waals surface area contributed by atoms with Crippen molar-refractivity contribution in [2.75, 3.05) is 0 Å². The fourth-order valence-electron chi connectivity index (χ4n) is 14.1. The van der Waals surface area contributed by atoms with Gasteiger partial charge in [0.25, 0.3) is 0 Å². The monoisotopic (exact) mass is 815 g/mol. The second-order valence-electron chi connectivity index (χ2n) is 19.6. The van der Waals surface area contributed by atoms with E-state index in [1.807, 2.05) is 0 Å². The average molecular weight is 816 g/mol. The van der Waals surface area contributed by atoms with Crippen molar-refractivity contribution < 1.29 is 9.59 Å². The van der Waals surface area contributed by atoms with Gasteiger partial charge in [-0.1, -0.05) is 147 Å². The van der Waals surface area contributed by atoms with Crippen LogP contribution in [0.4, 0.5) is 0 Å². The molecule has 2 aromatic heterocycles. The van der Waals surface area contributed by atoms with Gasteiger partial charge < -0.3 is 4.40 Å². The molecule has 7 aliphatic rings. The lowest BCUT2D eigenvalue weighted by molar-refractivity contribution is 0.0966. The summed E-state index contributed by atoms with van der Waals surface area (Å²) in [4.78, 5) is 30.8. The van der Waals surface area contributed by atoms with Gasteiger partial charge in [-0.15, -0.1) is 0 Å². The van der Waals surface area contributed by atoms with E-state index < -0.39 is 0 Å². The molecular formula is C61H37NO2. The lowest BCUT2D eigenvalue weighted by atomic mass is 9.67. The summed E-state index contributed by atoms with van der Waals surface area (Å²) in [5.41, 5.74) is 21.1. The largest absolute Gasteiger partial charge is 0.308 e. The van der Waals surface area contributed by atoms with Gasteiger partial charge in [0.2, 0.25) is 0 Å². The first-order chi connectivity index (χ1) is 31.4. The van der Waals surface area contributed by atoms with Crippen molar-refractivity contribution in [1.29, 1.82) is 0 Å². The maximum atomic E-state index is 15.4. The highest BCUT2D eigenvalue weighted by Gasteiger charge is 2.46. The zero-order valence-corrected chi connectivity index (χ0v) is 35.2. The molecule has 0 amide bonds. The topological polar surface area (TPSA) is 38.5 Å². The summed E-state index contributed by atoms with van der Waals surface area (Å²) < 4.78 is 2.44. The van der Waals surface area contributed by atoms with Gasteiger partial charge in [0.05, 0.1) is 28.4 Å². The van der Waals surface area contributed by atoms with E-state index in [1.165, 1.54) is 71.6 Å². The molecule has 0 atom stereocenters. The molecular weight excluding hydrogens is 779 g/mol. The van der Waals surface area contributed by atoms with E-state index in [0.29, 0.717) is 0 Å². The van der Waals surface area contributed by atoms with Crippen molar-refractivity contribution >= 4 is 60.4 Å². The molecule has 0 N–H and O–H groups in total. The molecule has 0 spiro atoms. The lowest BCUT2D eigenvalue weighted by Crippen LogP contribution is -2.24. The van der Waals surface area contributed by atoms with Crippen LogP contribution in [-0.4, -0.2) is 16.0 Å². The summed E-state index contributed by atoms with van der Waals surface area (Å²) in [5.74, 6) is -0.569. The Morgan fingerprint density at radius 1 is 0.391 bits per heavy atom. The standard InChI is InChI=1S/C61H37NO2/c1-61(2)48-24-12-14-30-13-11-23-39(51(30)48)43-27-44-40-25-41-45(59(63)54-35-19-7-3-15-31(35)52(41)32-16-4-8-20-36(32)54)28-49(40)62-50-29-46-42(26-47(50)56(57(43)61)58(44)62)53-33-17-5-9-21-37(33)55(60(46)64)38-22-10-6-18-34(38)53/h3-29,52-55H,1-2H3. The molecule has 298 valence electrons. The van der Waals surface area contributed by atoms with Crippen LogP contribution < -0.4 is 0 Å². The molecule has 64 heavy (non-hydrogen) atoms. The summed E-state index contributed by atoms with van der Waals surface area (Å²) in [6.45, 7) is 4.80. The maximum absolute atomic E-state index is 15.4. The molecule has 0 fully saturated rings. The van der Waals surface area contributed by atoms with Gasteiger partial charge in [-0.2, -0.15) is 0 Å². The van der Waals surface area contributed by atoms with Gasteiger partial charge >= 0.3 is 0 Å². The number of benzene rings is 9. The molecule has 4 bridgehead atoms. The number of nitrogens with zero attached hydrogens (tertiary/aromatic N) is 1. The van der Waals surface area contributed by atoms with E-state index in [2.05, 4.69) is 182 Å². The number of Topliss-reactive ketones (excluding diaryl/α,β-unsaturated/α-hetero) is 2. The minimum atomic E-state index is -0.371. The van der Waals surface area contributed by atoms with Crippen LogP contribution in [0.2, 0.25) is 0 Å². The number of fused-ring (bicyclic) bond motifs is 9. The van der Waals surface area contributed by atoms with Crippen LogP contribution in [0.15, 0.2) is 164 Å². The van der Waals surface area contributed by atoms with Crippen LogP contribution >= 0.6 is 0 Å². The number of rotatable bonds is 0. The highest BCUT2D eigenvalue weighted by molar-refractivity contribution is 6.29. The van der Waals surface area contributed by atoms with Crippen molar-refractivity contribution in [3.8, 4) is 11.1 Å². The van der Waals surface area contributed by atoms with Crippen LogP contribution in [-0.2, 0) is 5.41 Å². The maximum Gasteiger partial charge on any atom is 0.175 e. The Bertz CT molecular complexity index is 3970. The highest BCUT2D eigenvalue weighted by atomic mass is 16.1. The molecule has 18 rings (SSSR count). The Labute approximate surface area is 368 Å². The van der Waals surface area contributed by atoms with Gasteiger partial charge in [0, 0.05) is 49.9 Å². The van der Waals surface area contributed by atoms with Crippen LogP contribution in [0, 0.1) is 0 Å². The molecule has 2 heterocycles. The lowest BCUT2D eigenvalue weighted by Gasteiger charge is -2.36. The Hall–Kier alpha value is -7.62. The molecule has 11 aromatic rings. The number of carbonyl (C=O) groups excluding carboxylic acids is 2. The number of ketones is 2. The van der Waals surface area contributed by atoms with Crippen molar-refractivity contribution in [1.82, 2.24) is 4.40 Å². The first-order valence-corrected chi connectivity index (χ1v) is 22.7. The van der Waals surface area contributed by atoms with E-state index in [-0.39, 0.29) is 40.7 Å². The first kappa shape index (κ1) is 33.9. The second-order valence-corrected chi connectivity index (χ2v) is 19.6. The molecule has 0 saturated heterocycles. The molecule has 0 aliphatic heterocycles. The van der Waals surface area contributed by atoms with E-state index in [0.717, 1.165) is 66.3 Å². The van der Waals surface area contributed by atoms with Crippen molar-refractivity contribution in [3.05, 3.63) is 242 Å². The van der Waals surface area contributed by atoms with E-state index in [4.69, 9.17) is 0 Å². The molecule has 3 nitrogen and oxygen atoms in total. The van der Waals surface area contributed by atoms with Gasteiger partial charge in [-0.05, 0) is 119 Å². The molecule has 9 aromatic carbocycles. The van der Waals surface area contributed by atoms with Crippen molar-refractivity contribution in [2.45, 2.75) is 42.9 Å². The Morgan fingerprint density at radius 2 is 0.844 bits per heavy atom. The van der Waals surface area contributed by atoms with Gasteiger partial charge in [-0.25, -0.2) is 0 Å². The van der Waals surface area contributed by atoms with Gasteiger partial charge in [-0.3, -0.25) is 9.59 Å². The van der Waals surface area contributed by atoms with Crippen LogP contribution in [0.25, 0.3) is 60.0 Å². The third kappa shape index (κ3) is 3.71. The molecule has 7 aliphatic carbocycles. The molecule has 3 heteroatoms. The molecule has 0 saturated carbocycles. The predicted octanol–water partition coefficient (Wildman–Crippen LogP) is 13.9. The summed E-state index contributed by atoms with van der Waals surface area (Å²) >= 11 is 0. The number of hydrogen-bond acceptors (Lipinski definition) is 2. The first-order valence-electron chi connectivity index (χ1n) is 22.7. The fraction of sp³-hybridized carbons (Fsp3) is 0.115. The minimum absolute atomic E-state index is 0.0630. The SMILES string of the molecule is CC1(C)c2cccc3cccc(c23)-c2cc3c4cc5c(cc4n4c6cc7c(cc6c(c21)c34)C1c2ccccc2C(C7=O)c2ccccc21)C(=O)C1c2ccccc2C5c2ccccc21. The third-order valence-electron chi connectivity index (χ3n) is 16.5. The number of aromatic nitrogens is 1. The normalized spacial score (nSPS) is 20.2. The zero-order chi connectivity index (χ0) is 42.1. The average Bonchev–Trinajstić information content (AvgIpc) is 3.68. The van der Waals surface area contributed by atoms with Crippen LogP contribution in [0.1, 0.15) is 125 Å². The third-order valence-corrected chi connectivity index (χ3v) is 16.5. The zero-order valence-electron chi connectivity index (χ0n) is 35.2. The Morgan fingerprint density at radius 3 is 1.36 bits per heavy atom. The fourth-order valence-corrected chi connectivity index (χ4v) is 14.1. The van der Waals surface area contributed by atoms with Crippen molar-refractivity contribution in [3.63, 3.8) is 0 Å². The highest BCUT2D eigenvalue weighted by Crippen LogP contribution is 2.59. The molecule has 0 unspecified atom stereocenters. The second kappa shape index (κ2) is 11.1. The van der Waals surface area contributed by atoms with E-state index in [9.17, 15) is 0 Å². The minimum Gasteiger partial charge on any atom is -0.308 e. The summed E-state index contributed by atoms with van der Waals surface area (Å²) in [5, 5.41) is 7.29. The quantitative estimate of drug-likeness (QED) is 0.153. The number of carbonyl (C=O) groups is 2. The van der Waals surface area contributed by atoms with E-state index >= 15 is 9.59 Å². The van der Waals surface area contributed by atoms with Crippen LogP contribution in [0.3, 0.4) is 0 Å². The smallest absolute Gasteiger partial charge is 0.175 e. The van der Waals surface area contributed by atoms with E-state index in [1.54, 1.807) is 0 Å². The Kier molecular flexibility index (Phi) is 5.89. The van der Waals surface area contributed by atoms with Gasteiger partial charge in [0.15, 0.2) is 11.6 Å². The number of hydrogen-bond donors (Lipinski definition) is 0. The summed E-state index contributed by atoms with van der Waals surface area (Å²) in [6.07, 6.45) is 0. The summed E-state index contributed by atoms with van der Waals surface area (Å²) in [7, 11) is 0. The van der Waals surface area contributed by atoms with Crippen LogP contribution in [0.5, 0.6) is 0 Å². The van der Waals surface area contributed by atoms with Crippen molar-refractivity contribution in [2.24, 2.45) is 0 Å².